The van der Waals surface area contributed by atoms with E-state index in [0.29, 0.717) is 11.5 Å². The summed E-state index contributed by atoms with van der Waals surface area (Å²) in [4.78, 5) is 12.1. The van der Waals surface area contributed by atoms with Crippen molar-refractivity contribution >= 4 is 37.8 Å². The molecule has 1 aromatic rings. The number of hydrogen-bond donors (Lipinski definition) is 1. The maximum absolute atomic E-state index is 12.1. The maximum atomic E-state index is 12.1. The van der Waals surface area contributed by atoms with Gasteiger partial charge in [-0.3, -0.25) is 4.79 Å². The van der Waals surface area contributed by atoms with E-state index >= 15 is 0 Å². The van der Waals surface area contributed by atoms with E-state index in [-0.39, 0.29) is 11.9 Å². The first-order valence-electron chi connectivity index (χ1n) is 5.58. The molecule has 0 fully saturated rings. The van der Waals surface area contributed by atoms with Gasteiger partial charge in [0.05, 0.1) is 0 Å². The molecule has 1 unspecified atom stereocenters. The molecule has 0 aliphatic rings. The Morgan fingerprint density at radius 1 is 1.35 bits per heavy atom. The Labute approximate surface area is 119 Å². The third-order valence-corrected chi connectivity index (χ3v) is 3.75. The highest BCUT2D eigenvalue weighted by Gasteiger charge is 2.16. The van der Waals surface area contributed by atoms with Gasteiger partial charge >= 0.3 is 0 Å². The number of halogens is 2. The zero-order valence-corrected chi connectivity index (χ0v) is 13.4. The minimum atomic E-state index is -0.0208. The van der Waals surface area contributed by atoms with Gasteiger partial charge in [-0.25, -0.2) is 0 Å². The molecule has 0 spiro atoms. The summed E-state index contributed by atoms with van der Waals surface area (Å²) in [6, 6.07) is 5.88. The Kier molecular flexibility index (Phi) is 5.67. The molecule has 0 aliphatic heterocycles. The molecule has 0 saturated heterocycles. The van der Waals surface area contributed by atoms with Crippen LogP contribution in [0, 0.1) is 12.8 Å². The summed E-state index contributed by atoms with van der Waals surface area (Å²) in [7, 11) is 0. The molecule has 0 aliphatic carbocycles. The van der Waals surface area contributed by atoms with Crippen LogP contribution in [0.5, 0.6) is 0 Å². The first-order valence-corrected chi connectivity index (χ1v) is 7.49. The molecule has 0 aromatic heterocycles. The van der Waals surface area contributed by atoms with Crippen molar-refractivity contribution in [1.82, 2.24) is 5.32 Å². The summed E-state index contributed by atoms with van der Waals surface area (Å²) in [6.45, 7) is 6.17. The van der Waals surface area contributed by atoms with E-state index in [0.717, 1.165) is 15.4 Å². The highest BCUT2D eigenvalue weighted by molar-refractivity contribution is 9.10. The lowest BCUT2D eigenvalue weighted by molar-refractivity contribution is 0.0931. The fourth-order valence-electron chi connectivity index (χ4n) is 1.50. The quantitative estimate of drug-likeness (QED) is 0.808. The highest BCUT2D eigenvalue weighted by atomic mass is 79.9. The second-order valence-electron chi connectivity index (χ2n) is 4.50. The number of nitrogens with one attached hydrogen (secondary N) is 1. The average molecular weight is 363 g/mol. The van der Waals surface area contributed by atoms with E-state index in [2.05, 4.69) is 51.0 Å². The van der Waals surface area contributed by atoms with Gasteiger partial charge in [0.15, 0.2) is 0 Å². The Balaban J connectivity index is 2.82. The van der Waals surface area contributed by atoms with Crippen LogP contribution < -0.4 is 5.32 Å². The molecule has 0 bridgehead atoms. The number of benzene rings is 1. The molecule has 0 heterocycles. The van der Waals surface area contributed by atoms with Gasteiger partial charge in [-0.1, -0.05) is 45.7 Å². The van der Waals surface area contributed by atoms with E-state index in [1.807, 2.05) is 25.1 Å². The molecule has 1 N–H and O–H groups in total. The molecule has 2 nitrogen and oxygen atoms in total. The SMILES string of the molecule is Cc1cc(Br)cc(C(=O)NC(CBr)C(C)C)c1. The Hall–Kier alpha value is -0.350. The van der Waals surface area contributed by atoms with E-state index in [4.69, 9.17) is 0 Å². The number of carbonyl (C=O) groups is 1. The standard InChI is InChI=1S/C13H17Br2NO/c1-8(2)12(7-14)16-13(17)10-4-9(3)5-11(15)6-10/h4-6,8,12H,7H2,1-3H3,(H,16,17). The van der Waals surface area contributed by atoms with Crippen molar-refractivity contribution in [3.63, 3.8) is 0 Å². The second kappa shape index (κ2) is 6.55. The zero-order valence-electron chi connectivity index (χ0n) is 10.3. The summed E-state index contributed by atoms with van der Waals surface area (Å²) in [5.41, 5.74) is 1.77. The summed E-state index contributed by atoms with van der Waals surface area (Å²) in [6.07, 6.45) is 0. The molecule has 0 radical (unpaired) electrons. The fraction of sp³-hybridized carbons (Fsp3) is 0.462. The van der Waals surface area contributed by atoms with Crippen molar-refractivity contribution in [3.05, 3.63) is 33.8 Å². The molecule has 0 saturated carbocycles. The van der Waals surface area contributed by atoms with E-state index < -0.39 is 0 Å². The number of carbonyl (C=O) groups excluding carboxylic acids is 1. The highest BCUT2D eigenvalue weighted by Crippen LogP contribution is 2.16. The molecule has 1 aromatic carbocycles. The van der Waals surface area contributed by atoms with Crippen LogP contribution in [-0.2, 0) is 0 Å². The third-order valence-electron chi connectivity index (χ3n) is 2.59. The van der Waals surface area contributed by atoms with Crippen LogP contribution in [0.4, 0.5) is 0 Å². The largest absolute Gasteiger partial charge is 0.348 e. The van der Waals surface area contributed by atoms with Gasteiger partial charge in [-0.15, -0.1) is 0 Å². The number of aryl methyl sites for hydroxylation is 1. The van der Waals surface area contributed by atoms with Crippen LogP contribution in [0.2, 0.25) is 0 Å². The molecule has 1 atom stereocenters. The van der Waals surface area contributed by atoms with Gasteiger partial charge in [0.25, 0.3) is 5.91 Å². The van der Waals surface area contributed by atoms with Gasteiger partial charge in [-0.05, 0) is 36.6 Å². The van der Waals surface area contributed by atoms with Crippen LogP contribution >= 0.6 is 31.9 Å². The van der Waals surface area contributed by atoms with Gasteiger partial charge < -0.3 is 5.32 Å². The minimum absolute atomic E-state index is 0.0208. The van der Waals surface area contributed by atoms with Crippen LogP contribution in [-0.4, -0.2) is 17.3 Å². The summed E-state index contributed by atoms with van der Waals surface area (Å²) in [5.74, 6) is 0.388. The van der Waals surface area contributed by atoms with Crippen molar-refractivity contribution < 1.29 is 4.79 Å². The van der Waals surface area contributed by atoms with Gasteiger partial charge in [0, 0.05) is 21.4 Å². The van der Waals surface area contributed by atoms with Crippen molar-refractivity contribution in [2.24, 2.45) is 5.92 Å². The van der Waals surface area contributed by atoms with Crippen molar-refractivity contribution in [2.75, 3.05) is 5.33 Å². The van der Waals surface area contributed by atoms with E-state index in [1.165, 1.54) is 0 Å². The first kappa shape index (κ1) is 14.7. The van der Waals surface area contributed by atoms with Crippen LogP contribution in [0.15, 0.2) is 22.7 Å². The summed E-state index contributed by atoms with van der Waals surface area (Å²) in [5, 5.41) is 3.80. The second-order valence-corrected chi connectivity index (χ2v) is 6.06. The summed E-state index contributed by atoms with van der Waals surface area (Å²) >= 11 is 6.83. The molecule has 94 valence electrons. The Morgan fingerprint density at radius 2 is 2.00 bits per heavy atom. The molecule has 1 amide bonds. The predicted octanol–water partition coefficient (Wildman–Crippen LogP) is 3.91. The van der Waals surface area contributed by atoms with E-state index in [1.54, 1.807) is 0 Å². The van der Waals surface area contributed by atoms with Crippen molar-refractivity contribution in [3.8, 4) is 0 Å². The number of alkyl halides is 1. The van der Waals surface area contributed by atoms with Crippen LogP contribution in [0.1, 0.15) is 29.8 Å². The summed E-state index contributed by atoms with van der Waals surface area (Å²) < 4.78 is 0.933. The number of amides is 1. The molecular formula is C13H17Br2NO. The van der Waals surface area contributed by atoms with Crippen LogP contribution in [0.25, 0.3) is 0 Å². The normalized spacial score (nSPS) is 12.6. The average Bonchev–Trinajstić information content (AvgIpc) is 2.23. The van der Waals surface area contributed by atoms with Crippen LogP contribution in [0.3, 0.4) is 0 Å². The first-order chi connectivity index (χ1) is 7.93. The fourth-order valence-corrected chi connectivity index (χ4v) is 3.02. The lowest BCUT2D eigenvalue weighted by Gasteiger charge is -2.20. The Morgan fingerprint density at radius 3 is 2.47 bits per heavy atom. The predicted molar refractivity (Wildman–Crippen MR) is 78.8 cm³/mol. The Bertz CT molecular complexity index is 384. The molecular weight excluding hydrogens is 346 g/mol. The van der Waals surface area contributed by atoms with Gasteiger partial charge in [0.2, 0.25) is 0 Å². The van der Waals surface area contributed by atoms with E-state index in [9.17, 15) is 4.79 Å². The van der Waals surface area contributed by atoms with Crippen molar-refractivity contribution in [2.45, 2.75) is 26.8 Å². The third kappa shape index (κ3) is 4.43. The van der Waals surface area contributed by atoms with Crippen molar-refractivity contribution in [1.29, 1.82) is 0 Å². The number of rotatable bonds is 4. The lowest BCUT2D eigenvalue weighted by atomic mass is 10.1. The van der Waals surface area contributed by atoms with Gasteiger partial charge in [0.1, 0.15) is 0 Å². The maximum Gasteiger partial charge on any atom is 0.251 e. The number of hydrogen-bond acceptors (Lipinski definition) is 1. The van der Waals surface area contributed by atoms with Gasteiger partial charge in [-0.2, -0.15) is 0 Å². The minimum Gasteiger partial charge on any atom is -0.348 e. The zero-order chi connectivity index (χ0) is 13.0. The molecule has 17 heavy (non-hydrogen) atoms. The molecule has 4 heteroatoms. The molecule has 1 rings (SSSR count). The lowest BCUT2D eigenvalue weighted by Crippen LogP contribution is -2.39. The topological polar surface area (TPSA) is 29.1 Å². The monoisotopic (exact) mass is 361 g/mol. The smallest absolute Gasteiger partial charge is 0.251 e.